The minimum Gasteiger partial charge on any atom is -0.507 e. The summed E-state index contributed by atoms with van der Waals surface area (Å²) < 4.78 is 32.0. The molecule has 4 rings (SSSR count). The highest BCUT2D eigenvalue weighted by Gasteiger charge is 2.46. The summed E-state index contributed by atoms with van der Waals surface area (Å²) >= 11 is 0. The number of nitrogens with zero attached hydrogens (tertiary/aromatic N) is 4. The highest BCUT2D eigenvalue weighted by molar-refractivity contribution is 7.89. The van der Waals surface area contributed by atoms with Crippen molar-refractivity contribution < 1.29 is 33.1 Å². The van der Waals surface area contributed by atoms with Crippen LogP contribution in [-0.2, 0) is 19.6 Å². The Kier molecular flexibility index (Phi) is 6.71. The second-order valence-electron chi connectivity index (χ2n) is 7.85. The van der Waals surface area contributed by atoms with Gasteiger partial charge in [-0.15, -0.1) is 0 Å². The largest absolute Gasteiger partial charge is 0.507 e. The number of ether oxygens (including phenoxy) is 1. The number of aliphatic hydroxyl groups excluding tert-OH is 2. The molecule has 2 heterocycles. The Morgan fingerprint density at radius 1 is 1.28 bits per heavy atom. The summed E-state index contributed by atoms with van der Waals surface area (Å²) in [6.45, 7) is -1.26. The number of nitriles is 1. The van der Waals surface area contributed by atoms with E-state index in [1.54, 1.807) is 30.3 Å². The third kappa shape index (κ3) is 4.62. The average molecular weight is 513 g/mol. The number of aromatic nitrogens is 2. The van der Waals surface area contributed by atoms with Crippen LogP contribution < -0.4 is 0 Å². The highest BCUT2D eigenvalue weighted by atomic mass is 32.2. The lowest BCUT2D eigenvalue weighted by atomic mass is 10.2. The highest BCUT2D eigenvalue weighted by Crippen LogP contribution is 2.32. The Morgan fingerprint density at radius 3 is 2.67 bits per heavy atom. The van der Waals surface area contributed by atoms with Gasteiger partial charge in [-0.2, -0.15) is 9.57 Å². The summed E-state index contributed by atoms with van der Waals surface area (Å²) in [7, 11) is -4.57. The number of para-hydroxylation sites is 3. The summed E-state index contributed by atoms with van der Waals surface area (Å²) in [6, 6.07) is 11.8. The molecule has 1 aliphatic rings. The Bertz CT molecular complexity index is 1490. The molecule has 3 aromatic rings. The molecule has 36 heavy (non-hydrogen) atoms. The van der Waals surface area contributed by atoms with Gasteiger partial charge in [-0.25, -0.2) is 13.4 Å². The molecular formula is C22H19N5O8S. The van der Waals surface area contributed by atoms with Crippen molar-refractivity contribution in [1.29, 1.82) is 5.26 Å². The van der Waals surface area contributed by atoms with Crippen LogP contribution in [0, 0.1) is 21.4 Å². The summed E-state index contributed by atoms with van der Waals surface area (Å²) in [4.78, 5) is 29.7. The first-order chi connectivity index (χ1) is 17.1. The van der Waals surface area contributed by atoms with Gasteiger partial charge in [0, 0.05) is 19.0 Å². The number of imidazole rings is 1. The summed E-state index contributed by atoms with van der Waals surface area (Å²) in [6.07, 6.45) is -1.55. The normalized spacial score (nSPS) is 19.0. The minimum absolute atomic E-state index is 0.0455. The molecule has 14 heteroatoms. The number of allylic oxidation sites excluding steroid dienone is 1. The third-order valence-corrected chi connectivity index (χ3v) is 7.45. The van der Waals surface area contributed by atoms with Crippen molar-refractivity contribution in [1.82, 2.24) is 14.3 Å². The standard InChI is InChI=1S/C22H19N5O8S/c23-10-14(21-24-15-5-1-2-6-16(15)25-21)19(29)12-35-22(30)18-9-13(28)11-26(18)36(33,34)20-8-4-3-7-17(20)27(31)32/h1-8,13,18,28-29H,9,11-12H2,(H,24,25)/b19-14-/t13-,18+/m0/s1. The van der Waals surface area contributed by atoms with Crippen LogP contribution >= 0.6 is 0 Å². The van der Waals surface area contributed by atoms with E-state index in [1.807, 2.05) is 0 Å². The van der Waals surface area contributed by atoms with Crippen molar-refractivity contribution >= 4 is 38.3 Å². The molecule has 3 N–H and O–H groups in total. The van der Waals surface area contributed by atoms with Crippen LogP contribution in [-0.4, -0.2) is 69.1 Å². The molecule has 0 unspecified atom stereocenters. The Morgan fingerprint density at radius 2 is 1.97 bits per heavy atom. The zero-order valence-corrected chi connectivity index (χ0v) is 19.3. The van der Waals surface area contributed by atoms with Crippen LogP contribution in [0.15, 0.2) is 59.2 Å². The van der Waals surface area contributed by atoms with Crippen LogP contribution in [0.3, 0.4) is 0 Å². The molecule has 186 valence electrons. The summed E-state index contributed by atoms with van der Waals surface area (Å²) in [5.74, 6) is -1.69. The number of H-pyrrole nitrogens is 1. The van der Waals surface area contributed by atoms with E-state index < -0.39 is 62.6 Å². The van der Waals surface area contributed by atoms with Crippen molar-refractivity contribution in [2.75, 3.05) is 13.2 Å². The number of nitrogens with one attached hydrogen (secondary N) is 1. The zero-order valence-electron chi connectivity index (χ0n) is 18.4. The molecular weight excluding hydrogens is 494 g/mol. The van der Waals surface area contributed by atoms with Crippen molar-refractivity contribution in [2.24, 2.45) is 0 Å². The molecule has 0 aliphatic carbocycles. The molecule has 0 bridgehead atoms. The van der Waals surface area contributed by atoms with Gasteiger partial charge in [0.05, 0.1) is 22.1 Å². The third-order valence-electron chi connectivity index (χ3n) is 5.53. The number of fused-ring (bicyclic) bond motifs is 1. The van der Waals surface area contributed by atoms with E-state index in [0.717, 1.165) is 12.1 Å². The molecule has 1 fully saturated rings. The molecule has 0 amide bonds. The number of esters is 1. The van der Waals surface area contributed by atoms with E-state index in [9.17, 15) is 38.8 Å². The van der Waals surface area contributed by atoms with Gasteiger partial charge >= 0.3 is 5.97 Å². The minimum atomic E-state index is -4.57. The van der Waals surface area contributed by atoms with Gasteiger partial charge < -0.3 is 19.9 Å². The first-order valence-electron chi connectivity index (χ1n) is 10.5. The number of hydrogen-bond donors (Lipinski definition) is 3. The first-order valence-corrected chi connectivity index (χ1v) is 11.9. The number of carbonyl (C=O) groups is 1. The van der Waals surface area contributed by atoms with Gasteiger partial charge in [0.15, 0.2) is 16.5 Å². The van der Waals surface area contributed by atoms with Gasteiger partial charge in [0.1, 0.15) is 24.3 Å². The van der Waals surface area contributed by atoms with Gasteiger partial charge in [-0.05, 0) is 18.2 Å². The predicted octanol–water partition coefficient (Wildman–Crippen LogP) is 1.63. The molecule has 0 saturated carbocycles. The maximum Gasteiger partial charge on any atom is 0.325 e. The number of hydrogen-bond acceptors (Lipinski definition) is 10. The van der Waals surface area contributed by atoms with E-state index in [2.05, 4.69) is 9.97 Å². The van der Waals surface area contributed by atoms with Crippen LogP contribution in [0.5, 0.6) is 0 Å². The summed E-state index contributed by atoms with van der Waals surface area (Å²) in [5.41, 5.74) is 0.188. The fourth-order valence-electron chi connectivity index (χ4n) is 3.85. The molecule has 1 saturated heterocycles. The predicted molar refractivity (Wildman–Crippen MR) is 124 cm³/mol. The van der Waals surface area contributed by atoms with Crippen LogP contribution in [0.1, 0.15) is 12.2 Å². The maximum atomic E-state index is 13.2. The van der Waals surface area contributed by atoms with E-state index >= 15 is 0 Å². The van der Waals surface area contributed by atoms with Crippen LogP contribution in [0.4, 0.5) is 5.69 Å². The van der Waals surface area contributed by atoms with Crippen LogP contribution in [0.25, 0.3) is 16.6 Å². The Labute approximate surface area is 204 Å². The Balaban J connectivity index is 1.56. The number of aromatic amines is 1. The number of carbonyl (C=O) groups excluding carboxylic acids is 1. The van der Waals surface area contributed by atoms with Gasteiger partial charge in [0.2, 0.25) is 0 Å². The second-order valence-corrected chi connectivity index (χ2v) is 9.71. The van der Waals surface area contributed by atoms with Gasteiger partial charge in [-0.1, -0.05) is 24.3 Å². The van der Waals surface area contributed by atoms with Crippen molar-refractivity contribution in [2.45, 2.75) is 23.5 Å². The van der Waals surface area contributed by atoms with Crippen molar-refractivity contribution in [3.8, 4) is 6.07 Å². The lowest BCUT2D eigenvalue weighted by Gasteiger charge is -2.22. The molecule has 2 aromatic carbocycles. The fraction of sp³-hybridized carbons (Fsp3) is 0.227. The van der Waals surface area contributed by atoms with Gasteiger partial charge in [-0.3, -0.25) is 14.9 Å². The topological polar surface area (TPSA) is 200 Å². The van der Waals surface area contributed by atoms with Crippen LogP contribution in [0.2, 0.25) is 0 Å². The lowest BCUT2D eigenvalue weighted by molar-refractivity contribution is -0.387. The van der Waals surface area contributed by atoms with E-state index in [1.165, 1.54) is 12.1 Å². The fourth-order valence-corrected chi connectivity index (χ4v) is 5.64. The van der Waals surface area contributed by atoms with Crippen molar-refractivity contribution in [3.05, 3.63) is 70.2 Å². The molecule has 2 atom stereocenters. The second kappa shape index (κ2) is 9.74. The number of sulfonamides is 1. The quantitative estimate of drug-likeness (QED) is 0.137. The first kappa shape index (κ1) is 24.8. The number of β-amino-alcohol motifs (C(OH)–C–C–N with tert-alkyl or cyclic N) is 1. The molecule has 0 spiro atoms. The molecule has 0 radical (unpaired) electrons. The zero-order chi connectivity index (χ0) is 26.0. The number of benzene rings is 2. The summed E-state index contributed by atoms with van der Waals surface area (Å²) in [5, 5.41) is 41.3. The monoisotopic (exact) mass is 513 g/mol. The maximum absolute atomic E-state index is 13.2. The number of rotatable bonds is 7. The smallest absolute Gasteiger partial charge is 0.325 e. The molecule has 1 aromatic heterocycles. The molecule has 1 aliphatic heterocycles. The SMILES string of the molecule is N#C/C(=C(/O)COC(=O)[C@H]1C[C@H](O)CN1S(=O)(=O)c1ccccc1[N+](=O)[O-])c1nc2ccccc2[nH]1. The number of nitro benzene ring substituents is 1. The van der Waals surface area contributed by atoms with Crippen molar-refractivity contribution in [3.63, 3.8) is 0 Å². The average Bonchev–Trinajstić information content (AvgIpc) is 3.47. The molecule has 13 nitrogen and oxygen atoms in total. The van der Waals surface area contributed by atoms with E-state index in [-0.39, 0.29) is 17.8 Å². The number of nitro groups is 1. The lowest BCUT2D eigenvalue weighted by Crippen LogP contribution is -2.41. The Hall–Kier alpha value is -4.32. The van der Waals surface area contributed by atoms with E-state index in [4.69, 9.17) is 4.74 Å². The van der Waals surface area contributed by atoms with E-state index in [0.29, 0.717) is 15.3 Å². The number of aliphatic hydroxyl groups is 2. The van der Waals surface area contributed by atoms with Gasteiger partial charge in [0.25, 0.3) is 15.7 Å².